The monoisotopic (exact) mass is 402 g/mol. The molecule has 1 aromatic carbocycles. The summed E-state index contributed by atoms with van der Waals surface area (Å²) >= 11 is 0. The molecule has 1 unspecified atom stereocenters. The molecule has 0 aliphatic carbocycles. The summed E-state index contributed by atoms with van der Waals surface area (Å²) in [6.45, 7) is 10.5. The maximum atomic E-state index is 10.0. The summed E-state index contributed by atoms with van der Waals surface area (Å²) in [6.07, 6.45) is -0.715. The van der Waals surface area contributed by atoms with Gasteiger partial charge in [-0.3, -0.25) is 0 Å². The predicted octanol–water partition coefficient (Wildman–Crippen LogP) is 2.93. The van der Waals surface area contributed by atoms with Crippen LogP contribution in [0.15, 0.2) is 12.1 Å². The number of hydrogen-bond donors (Lipinski definition) is 2. The molecule has 0 fully saturated rings. The SMILES string of the molecule is COCOc1cc(CC(O)CO)c(O[Si](C)(C)C(C)(C)C)c(OCOC)c1. The first kappa shape index (κ1) is 23.7. The van der Waals surface area contributed by atoms with E-state index in [1.807, 2.05) is 0 Å². The van der Waals surface area contributed by atoms with Crippen LogP contribution in [-0.2, 0) is 15.9 Å². The number of ether oxygens (including phenoxy) is 4. The van der Waals surface area contributed by atoms with Crippen LogP contribution in [0.3, 0.4) is 0 Å². The van der Waals surface area contributed by atoms with Gasteiger partial charge in [0.15, 0.2) is 19.3 Å². The molecule has 0 aromatic heterocycles. The highest BCUT2D eigenvalue weighted by Gasteiger charge is 2.40. The van der Waals surface area contributed by atoms with Crippen molar-refractivity contribution in [2.24, 2.45) is 0 Å². The molecule has 0 saturated carbocycles. The predicted molar refractivity (Wildman–Crippen MR) is 106 cm³/mol. The number of rotatable bonds is 11. The van der Waals surface area contributed by atoms with Crippen LogP contribution >= 0.6 is 0 Å². The largest absolute Gasteiger partial charge is 0.541 e. The Labute approximate surface area is 163 Å². The second-order valence-electron chi connectivity index (χ2n) is 7.91. The van der Waals surface area contributed by atoms with E-state index in [0.29, 0.717) is 22.8 Å². The highest BCUT2D eigenvalue weighted by atomic mass is 28.4. The van der Waals surface area contributed by atoms with Crippen LogP contribution in [0.5, 0.6) is 17.2 Å². The molecule has 0 aliphatic rings. The summed E-state index contributed by atoms with van der Waals surface area (Å²) in [5, 5.41) is 19.3. The molecule has 0 radical (unpaired) electrons. The van der Waals surface area contributed by atoms with Gasteiger partial charge in [0.25, 0.3) is 8.32 Å². The van der Waals surface area contributed by atoms with Crippen molar-refractivity contribution < 1.29 is 33.6 Å². The van der Waals surface area contributed by atoms with Crippen LogP contribution in [0.1, 0.15) is 26.3 Å². The second kappa shape index (κ2) is 10.3. The van der Waals surface area contributed by atoms with E-state index >= 15 is 0 Å². The molecule has 1 rings (SSSR count). The normalized spacial score (nSPS) is 13.4. The topological polar surface area (TPSA) is 86.6 Å². The fourth-order valence-corrected chi connectivity index (χ4v) is 3.11. The van der Waals surface area contributed by atoms with Gasteiger partial charge in [0.1, 0.15) is 11.5 Å². The molecule has 1 aromatic rings. The van der Waals surface area contributed by atoms with Gasteiger partial charge in [-0.05, 0) is 24.2 Å². The van der Waals surface area contributed by atoms with Crippen LogP contribution in [-0.4, -0.2) is 59.0 Å². The van der Waals surface area contributed by atoms with Crippen LogP contribution in [0.4, 0.5) is 0 Å². The van der Waals surface area contributed by atoms with Gasteiger partial charge >= 0.3 is 0 Å². The Bertz CT molecular complexity index is 584. The summed E-state index contributed by atoms with van der Waals surface area (Å²) in [6, 6.07) is 3.50. The lowest BCUT2D eigenvalue weighted by Gasteiger charge is -2.37. The van der Waals surface area contributed by atoms with E-state index in [1.54, 1.807) is 12.1 Å². The first-order chi connectivity index (χ1) is 12.6. The molecule has 0 saturated heterocycles. The molecule has 0 bridgehead atoms. The molecule has 0 spiro atoms. The number of methoxy groups -OCH3 is 2. The van der Waals surface area contributed by atoms with Crippen molar-refractivity contribution in [2.45, 2.75) is 51.4 Å². The van der Waals surface area contributed by atoms with E-state index in [-0.39, 0.29) is 31.7 Å². The van der Waals surface area contributed by atoms with Gasteiger partial charge in [0.05, 0.1) is 12.7 Å². The molecule has 0 heterocycles. The van der Waals surface area contributed by atoms with Gasteiger partial charge in [-0.1, -0.05) is 20.8 Å². The van der Waals surface area contributed by atoms with E-state index in [4.69, 9.17) is 23.4 Å². The average Bonchev–Trinajstić information content (AvgIpc) is 2.58. The Morgan fingerprint density at radius 2 is 1.63 bits per heavy atom. The van der Waals surface area contributed by atoms with E-state index in [2.05, 4.69) is 33.9 Å². The summed E-state index contributed by atoms with van der Waals surface area (Å²) in [5.74, 6) is 1.54. The van der Waals surface area contributed by atoms with Crippen molar-refractivity contribution in [3.05, 3.63) is 17.7 Å². The Morgan fingerprint density at radius 1 is 1.04 bits per heavy atom. The van der Waals surface area contributed by atoms with E-state index in [9.17, 15) is 10.2 Å². The minimum atomic E-state index is -2.18. The second-order valence-corrected chi connectivity index (χ2v) is 12.6. The molecule has 7 nitrogen and oxygen atoms in total. The Kier molecular flexibility index (Phi) is 9.03. The highest BCUT2D eigenvalue weighted by molar-refractivity contribution is 6.74. The quantitative estimate of drug-likeness (QED) is 0.435. The first-order valence-corrected chi connectivity index (χ1v) is 11.8. The Balaban J connectivity index is 3.42. The molecule has 1 atom stereocenters. The molecular weight excluding hydrogens is 368 g/mol. The van der Waals surface area contributed by atoms with Gasteiger partial charge in [-0.15, -0.1) is 0 Å². The lowest BCUT2D eigenvalue weighted by Crippen LogP contribution is -2.44. The van der Waals surface area contributed by atoms with E-state index < -0.39 is 14.4 Å². The van der Waals surface area contributed by atoms with Gasteiger partial charge in [0.2, 0.25) is 0 Å². The van der Waals surface area contributed by atoms with Crippen LogP contribution in [0.2, 0.25) is 18.1 Å². The zero-order valence-corrected chi connectivity index (χ0v) is 18.5. The van der Waals surface area contributed by atoms with Gasteiger partial charge < -0.3 is 33.6 Å². The van der Waals surface area contributed by atoms with E-state index in [1.165, 1.54) is 14.2 Å². The average molecular weight is 403 g/mol. The molecule has 156 valence electrons. The summed E-state index contributed by atoms with van der Waals surface area (Å²) in [4.78, 5) is 0. The molecule has 0 aliphatic heterocycles. The lowest BCUT2D eigenvalue weighted by atomic mass is 10.1. The van der Waals surface area contributed by atoms with E-state index in [0.717, 1.165) is 0 Å². The van der Waals surface area contributed by atoms with Gasteiger partial charge in [0, 0.05) is 32.3 Å². The molecule has 8 heteroatoms. The van der Waals surface area contributed by atoms with Gasteiger partial charge in [-0.25, -0.2) is 0 Å². The van der Waals surface area contributed by atoms with Gasteiger partial charge in [-0.2, -0.15) is 0 Å². The van der Waals surface area contributed by atoms with Crippen molar-refractivity contribution in [1.82, 2.24) is 0 Å². The third-order valence-electron chi connectivity index (χ3n) is 4.61. The molecule has 27 heavy (non-hydrogen) atoms. The van der Waals surface area contributed by atoms with Crippen LogP contribution in [0, 0.1) is 0 Å². The maximum Gasteiger partial charge on any atom is 0.250 e. The lowest BCUT2D eigenvalue weighted by molar-refractivity contribution is 0.0447. The zero-order valence-electron chi connectivity index (χ0n) is 17.5. The Morgan fingerprint density at radius 3 is 2.15 bits per heavy atom. The van der Waals surface area contributed by atoms with Crippen molar-refractivity contribution >= 4 is 8.32 Å². The number of hydrogen-bond acceptors (Lipinski definition) is 7. The van der Waals surface area contributed by atoms with Crippen molar-refractivity contribution in [2.75, 3.05) is 34.4 Å². The number of aliphatic hydroxyl groups is 2. The standard InChI is InChI=1S/C19H34O7Si/c1-19(2,3)27(6,7)26-18-14(8-15(21)11-20)9-16(24-12-22-4)10-17(18)25-13-23-5/h9-10,15,20-21H,8,11-13H2,1-7H3. The van der Waals surface area contributed by atoms with Crippen LogP contribution in [0.25, 0.3) is 0 Å². The first-order valence-electron chi connectivity index (χ1n) is 8.94. The zero-order chi connectivity index (χ0) is 20.7. The maximum absolute atomic E-state index is 10.0. The third kappa shape index (κ3) is 6.97. The Hall–Kier alpha value is -1.32. The van der Waals surface area contributed by atoms with Crippen molar-refractivity contribution in [1.29, 1.82) is 0 Å². The summed E-state index contributed by atoms with van der Waals surface area (Å²) in [5.41, 5.74) is 0.695. The minimum absolute atomic E-state index is 0.0242. The molecular formula is C19H34O7Si. The molecule has 0 amide bonds. The van der Waals surface area contributed by atoms with Crippen LogP contribution < -0.4 is 13.9 Å². The number of benzene rings is 1. The molecule has 2 N–H and O–H groups in total. The summed E-state index contributed by atoms with van der Waals surface area (Å²) < 4.78 is 27.8. The highest BCUT2D eigenvalue weighted by Crippen LogP contribution is 2.43. The smallest absolute Gasteiger partial charge is 0.250 e. The number of aliphatic hydroxyl groups excluding tert-OH is 2. The fraction of sp³-hybridized carbons (Fsp3) is 0.684. The summed E-state index contributed by atoms with van der Waals surface area (Å²) in [7, 11) is 0.891. The van der Waals surface area contributed by atoms with Crippen molar-refractivity contribution in [3.63, 3.8) is 0 Å². The third-order valence-corrected chi connectivity index (χ3v) is 8.94. The fourth-order valence-electron chi connectivity index (χ4n) is 2.07. The minimum Gasteiger partial charge on any atom is -0.541 e. The van der Waals surface area contributed by atoms with Crippen molar-refractivity contribution in [3.8, 4) is 17.2 Å².